The monoisotopic (exact) mass is 322 g/mol. The summed E-state index contributed by atoms with van der Waals surface area (Å²) in [5.74, 6) is 0.0184. The van der Waals surface area contributed by atoms with E-state index in [0.717, 1.165) is 18.4 Å². The second-order valence-corrected chi connectivity index (χ2v) is 6.39. The standard InChI is InChI=1S/C20H22N2O2/c1-14(15-6-3-2-4-7-15)12-19(23)21-18-9-5-8-16(13-18)20(24)22-17-10-11-17/h2-9,13-14,17H,10-12H2,1H3,(H,21,23)(H,22,24)/t14-/m1/s1. The highest BCUT2D eigenvalue weighted by Crippen LogP contribution is 2.21. The zero-order valence-corrected chi connectivity index (χ0v) is 13.8. The minimum atomic E-state index is -0.0775. The summed E-state index contributed by atoms with van der Waals surface area (Å²) >= 11 is 0. The molecule has 1 saturated carbocycles. The number of anilines is 1. The zero-order chi connectivity index (χ0) is 16.9. The molecular weight excluding hydrogens is 300 g/mol. The molecule has 4 nitrogen and oxygen atoms in total. The molecule has 1 fully saturated rings. The second-order valence-electron chi connectivity index (χ2n) is 6.39. The number of carbonyl (C=O) groups is 2. The van der Waals surface area contributed by atoms with Crippen molar-refractivity contribution in [3.05, 3.63) is 65.7 Å². The molecular formula is C20H22N2O2. The van der Waals surface area contributed by atoms with Crippen LogP contribution in [0.5, 0.6) is 0 Å². The summed E-state index contributed by atoms with van der Waals surface area (Å²) in [6, 6.07) is 17.4. The minimum absolute atomic E-state index is 0.0499. The highest BCUT2D eigenvalue weighted by atomic mass is 16.2. The molecule has 2 N–H and O–H groups in total. The fourth-order valence-electron chi connectivity index (χ4n) is 2.62. The summed E-state index contributed by atoms with van der Waals surface area (Å²) in [4.78, 5) is 24.3. The van der Waals surface area contributed by atoms with Gasteiger partial charge in [0.05, 0.1) is 0 Å². The van der Waals surface area contributed by atoms with Crippen LogP contribution in [0.4, 0.5) is 5.69 Å². The lowest BCUT2D eigenvalue weighted by Crippen LogP contribution is -2.25. The molecule has 2 amide bonds. The maximum Gasteiger partial charge on any atom is 0.251 e. The van der Waals surface area contributed by atoms with Crippen LogP contribution in [0.15, 0.2) is 54.6 Å². The van der Waals surface area contributed by atoms with Gasteiger partial charge < -0.3 is 10.6 Å². The Morgan fingerprint density at radius 2 is 1.83 bits per heavy atom. The summed E-state index contributed by atoms with van der Waals surface area (Å²) in [6.07, 6.45) is 2.52. The Morgan fingerprint density at radius 1 is 1.08 bits per heavy atom. The topological polar surface area (TPSA) is 58.2 Å². The molecule has 0 aliphatic heterocycles. The van der Waals surface area contributed by atoms with Gasteiger partial charge in [-0.1, -0.05) is 43.3 Å². The van der Waals surface area contributed by atoms with E-state index in [9.17, 15) is 9.59 Å². The van der Waals surface area contributed by atoms with E-state index in [2.05, 4.69) is 10.6 Å². The van der Waals surface area contributed by atoms with Crippen LogP contribution in [0.1, 0.15) is 48.0 Å². The molecule has 0 unspecified atom stereocenters. The maximum atomic E-state index is 12.3. The van der Waals surface area contributed by atoms with E-state index in [1.807, 2.05) is 37.3 Å². The summed E-state index contributed by atoms with van der Waals surface area (Å²) in [7, 11) is 0. The number of rotatable bonds is 6. The van der Waals surface area contributed by atoms with Crippen LogP contribution in [0.2, 0.25) is 0 Å². The Bertz CT molecular complexity index is 723. The SMILES string of the molecule is C[C@H](CC(=O)Nc1cccc(C(=O)NC2CC2)c1)c1ccccc1. The third-order valence-corrected chi connectivity index (χ3v) is 4.18. The molecule has 0 saturated heterocycles. The molecule has 0 spiro atoms. The van der Waals surface area contributed by atoms with Gasteiger partial charge in [-0.2, -0.15) is 0 Å². The van der Waals surface area contributed by atoms with E-state index in [4.69, 9.17) is 0 Å². The lowest BCUT2D eigenvalue weighted by atomic mass is 9.97. The first-order chi connectivity index (χ1) is 11.6. The van der Waals surface area contributed by atoms with Crippen LogP contribution >= 0.6 is 0 Å². The summed E-state index contributed by atoms with van der Waals surface area (Å²) < 4.78 is 0. The van der Waals surface area contributed by atoms with Crippen molar-refractivity contribution >= 4 is 17.5 Å². The summed E-state index contributed by atoms with van der Waals surface area (Å²) in [5, 5.41) is 5.84. The molecule has 1 aliphatic carbocycles. The van der Waals surface area contributed by atoms with Crippen LogP contribution in [-0.4, -0.2) is 17.9 Å². The van der Waals surface area contributed by atoms with Crippen LogP contribution < -0.4 is 10.6 Å². The smallest absolute Gasteiger partial charge is 0.251 e. The molecule has 0 aromatic heterocycles. The molecule has 0 radical (unpaired) electrons. The minimum Gasteiger partial charge on any atom is -0.349 e. The normalized spacial score (nSPS) is 14.7. The molecule has 4 heteroatoms. The number of carbonyl (C=O) groups excluding carboxylic acids is 2. The Hall–Kier alpha value is -2.62. The lowest BCUT2D eigenvalue weighted by Gasteiger charge is -2.12. The van der Waals surface area contributed by atoms with Crippen molar-refractivity contribution in [2.24, 2.45) is 0 Å². The lowest BCUT2D eigenvalue weighted by molar-refractivity contribution is -0.116. The first kappa shape index (κ1) is 16.2. The van der Waals surface area contributed by atoms with Gasteiger partial charge >= 0.3 is 0 Å². The van der Waals surface area contributed by atoms with Gasteiger partial charge in [-0.15, -0.1) is 0 Å². The fourth-order valence-corrected chi connectivity index (χ4v) is 2.62. The first-order valence-corrected chi connectivity index (χ1v) is 8.37. The zero-order valence-electron chi connectivity index (χ0n) is 13.8. The van der Waals surface area contributed by atoms with Crippen molar-refractivity contribution < 1.29 is 9.59 Å². The Kier molecular flexibility index (Phi) is 4.94. The van der Waals surface area contributed by atoms with Gasteiger partial charge in [0.2, 0.25) is 5.91 Å². The highest BCUT2D eigenvalue weighted by Gasteiger charge is 2.23. The number of nitrogens with one attached hydrogen (secondary N) is 2. The van der Waals surface area contributed by atoms with Gasteiger partial charge in [-0.3, -0.25) is 9.59 Å². The van der Waals surface area contributed by atoms with Crippen LogP contribution in [0.3, 0.4) is 0 Å². The third kappa shape index (κ3) is 4.44. The van der Waals surface area contributed by atoms with Crippen molar-refractivity contribution in [2.75, 3.05) is 5.32 Å². The van der Waals surface area contributed by atoms with Gasteiger partial charge in [0.1, 0.15) is 0 Å². The molecule has 0 bridgehead atoms. The van der Waals surface area contributed by atoms with Gasteiger partial charge in [-0.25, -0.2) is 0 Å². The van der Waals surface area contributed by atoms with E-state index in [1.165, 1.54) is 0 Å². The quantitative estimate of drug-likeness (QED) is 0.852. The number of hydrogen-bond donors (Lipinski definition) is 2. The Morgan fingerprint density at radius 3 is 2.54 bits per heavy atom. The average Bonchev–Trinajstić information content (AvgIpc) is 3.39. The predicted molar refractivity (Wildman–Crippen MR) is 95.0 cm³/mol. The molecule has 0 heterocycles. The molecule has 2 aromatic carbocycles. The van der Waals surface area contributed by atoms with E-state index >= 15 is 0 Å². The number of amides is 2. The number of hydrogen-bond acceptors (Lipinski definition) is 2. The van der Waals surface area contributed by atoms with Crippen LogP contribution in [0, 0.1) is 0 Å². The third-order valence-electron chi connectivity index (χ3n) is 4.18. The van der Waals surface area contributed by atoms with Crippen LogP contribution in [0.25, 0.3) is 0 Å². The first-order valence-electron chi connectivity index (χ1n) is 8.37. The molecule has 3 rings (SSSR count). The maximum absolute atomic E-state index is 12.3. The Balaban J connectivity index is 1.58. The van der Waals surface area contributed by atoms with Crippen molar-refractivity contribution in [1.82, 2.24) is 5.32 Å². The largest absolute Gasteiger partial charge is 0.349 e. The molecule has 1 aliphatic rings. The summed E-state index contributed by atoms with van der Waals surface area (Å²) in [5.41, 5.74) is 2.38. The van der Waals surface area contributed by atoms with Crippen molar-refractivity contribution in [3.8, 4) is 0 Å². The molecule has 2 aromatic rings. The fraction of sp³-hybridized carbons (Fsp3) is 0.300. The van der Waals surface area contributed by atoms with E-state index in [0.29, 0.717) is 23.7 Å². The predicted octanol–water partition coefficient (Wildman–Crippen LogP) is 3.71. The van der Waals surface area contributed by atoms with E-state index < -0.39 is 0 Å². The molecule has 1 atom stereocenters. The highest BCUT2D eigenvalue weighted by molar-refractivity contribution is 5.97. The molecule has 124 valence electrons. The van der Waals surface area contributed by atoms with E-state index in [-0.39, 0.29) is 17.7 Å². The van der Waals surface area contributed by atoms with Crippen molar-refractivity contribution in [1.29, 1.82) is 0 Å². The van der Waals surface area contributed by atoms with Gasteiger partial charge in [0.15, 0.2) is 0 Å². The van der Waals surface area contributed by atoms with Crippen molar-refractivity contribution in [2.45, 2.75) is 38.1 Å². The second kappa shape index (κ2) is 7.30. The van der Waals surface area contributed by atoms with Gasteiger partial charge in [-0.05, 0) is 42.5 Å². The van der Waals surface area contributed by atoms with Crippen LogP contribution in [-0.2, 0) is 4.79 Å². The number of benzene rings is 2. The van der Waals surface area contributed by atoms with Gasteiger partial charge in [0.25, 0.3) is 5.91 Å². The van der Waals surface area contributed by atoms with Gasteiger partial charge in [0, 0.05) is 23.7 Å². The van der Waals surface area contributed by atoms with Crippen molar-refractivity contribution in [3.63, 3.8) is 0 Å². The average molecular weight is 322 g/mol. The molecule has 24 heavy (non-hydrogen) atoms. The Labute approximate surface area is 142 Å². The summed E-state index contributed by atoms with van der Waals surface area (Å²) in [6.45, 7) is 2.04. The van der Waals surface area contributed by atoms with E-state index in [1.54, 1.807) is 24.3 Å².